The van der Waals surface area contributed by atoms with Crippen LogP contribution in [0.2, 0.25) is 0 Å². The first kappa shape index (κ1) is 24.8. The third kappa shape index (κ3) is 5.96. The summed E-state index contributed by atoms with van der Waals surface area (Å²) in [6, 6.07) is 11.4. The Balaban J connectivity index is 1.88. The molecular formula is C24H24N2O7S. The highest BCUT2D eigenvalue weighted by Gasteiger charge is 2.32. The summed E-state index contributed by atoms with van der Waals surface area (Å²) in [4.78, 5) is 42.1. The number of aromatic carboxylic acids is 1. The van der Waals surface area contributed by atoms with Crippen molar-refractivity contribution in [2.24, 2.45) is 4.99 Å². The summed E-state index contributed by atoms with van der Waals surface area (Å²) >= 11 is 1.20. The van der Waals surface area contributed by atoms with Crippen molar-refractivity contribution in [3.05, 3.63) is 58.5 Å². The third-order valence-corrected chi connectivity index (χ3v) is 5.67. The first-order valence-electron chi connectivity index (χ1n) is 10.5. The van der Waals surface area contributed by atoms with Crippen LogP contribution in [0.5, 0.6) is 11.5 Å². The second-order valence-corrected chi connectivity index (χ2v) is 7.92. The molecule has 1 heterocycles. The van der Waals surface area contributed by atoms with Crippen LogP contribution in [0.15, 0.2) is 52.4 Å². The number of hydrogen-bond donors (Lipinski definition) is 1. The minimum absolute atomic E-state index is 0.118. The smallest absolute Gasteiger partial charge is 0.343 e. The van der Waals surface area contributed by atoms with Crippen molar-refractivity contribution in [1.82, 2.24) is 4.90 Å². The topological polar surface area (TPSA) is 115 Å². The molecule has 0 aromatic heterocycles. The number of carboxylic acids is 1. The molecule has 34 heavy (non-hydrogen) atoms. The number of methoxy groups -OCH3 is 1. The molecular weight excluding hydrogens is 460 g/mol. The summed E-state index contributed by atoms with van der Waals surface area (Å²) in [5.41, 5.74) is 1.27. The summed E-state index contributed by atoms with van der Waals surface area (Å²) in [6.07, 6.45) is 1.72. The van der Waals surface area contributed by atoms with Gasteiger partial charge in [0.1, 0.15) is 0 Å². The Labute approximate surface area is 201 Å². The predicted octanol–water partition coefficient (Wildman–Crippen LogP) is 3.96. The van der Waals surface area contributed by atoms with E-state index in [1.165, 1.54) is 35.9 Å². The van der Waals surface area contributed by atoms with Crippen molar-refractivity contribution >= 4 is 46.5 Å². The quantitative estimate of drug-likeness (QED) is 0.420. The molecule has 1 saturated heterocycles. The van der Waals surface area contributed by atoms with Crippen LogP contribution in [0, 0.1) is 0 Å². The molecule has 10 heteroatoms. The van der Waals surface area contributed by atoms with Crippen molar-refractivity contribution in [1.29, 1.82) is 0 Å². The Kier molecular flexibility index (Phi) is 8.31. The van der Waals surface area contributed by atoms with Gasteiger partial charge in [0.2, 0.25) is 0 Å². The number of thioether (sulfide) groups is 1. The lowest BCUT2D eigenvalue weighted by Gasteiger charge is -2.12. The van der Waals surface area contributed by atoms with E-state index in [4.69, 9.17) is 9.47 Å². The molecule has 1 aliphatic rings. The molecule has 9 nitrogen and oxygen atoms in total. The van der Waals surface area contributed by atoms with E-state index in [-0.39, 0.29) is 18.1 Å². The number of aliphatic imine (C=N–C) groups is 1. The zero-order valence-corrected chi connectivity index (χ0v) is 19.8. The largest absolute Gasteiger partial charge is 0.490 e. The summed E-state index contributed by atoms with van der Waals surface area (Å²) < 4.78 is 15.7. The van der Waals surface area contributed by atoms with E-state index in [0.29, 0.717) is 46.0 Å². The number of carbonyl (C=O) groups is 3. The predicted molar refractivity (Wildman–Crippen MR) is 129 cm³/mol. The highest BCUT2D eigenvalue weighted by Crippen LogP contribution is 2.36. The minimum Gasteiger partial charge on any atom is -0.490 e. The number of rotatable bonds is 9. The van der Waals surface area contributed by atoms with Crippen molar-refractivity contribution in [2.75, 3.05) is 26.9 Å². The van der Waals surface area contributed by atoms with E-state index in [1.807, 2.05) is 13.8 Å². The maximum Gasteiger partial charge on any atom is 0.343 e. The van der Waals surface area contributed by atoms with Crippen LogP contribution in [0.25, 0.3) is 6.08 Å². The summed E-state index contributed by atoms with van der Waals surface area (Å²) in [5.74, 6) is -0.945. The monoisotopic (exact) mass is 484 g/mol. The van der Waals surface area contributed by atoms with Crippen molar-refractivity contribution < 1.29 is 33.7 Å². The molecule has 2 aromatic carbocycles. The molecule has 0 spiro atoms. The van der Waals surface area contributed by atoms with E-state index in [9.17, 15) is 19.5 Å². The van der Waals surface area contributed by atoms with Gasteiger partial charge < -0.3 is 19.3 Å². The third-order valence-electron chi connectivity index (χ3n) is 4.66. The van der Waals surface area contributed by atoms with Crippen LogP contribution in [0.1, 0.15) is 29.8 Å². The minimum atomic E-state index is -1.05. The molecule has 1 fully saturated rings. The van der Waals surface area contributed by atoms with E-state index >= 15 is 0 Å². The van der Waals surface area contributed by atoms with E-state index in [1.54, 1.807) is 36.4 Å². The average molecular weight is 485 g/mol. The molecule has 1 amide bonds. The second-order valence-electron chi connectivity index (χ2n) is 6.91. The van der Waals surface area contributed by atoms with Crippen LogP contribution in [-0.2, 0) is 14.3 Å². The maximum atomic E-state index is 13.0. The molecule has 0 bridgehead atoms. The van der Waals surface area contributed by atoms with Crippen LogP contribution in [-0.4, -0.2) is 59.9 Å². The fourth-order valence-corrected chi connectivity index (χ4v) is 4.10. The first-order chi connectivity index (χ1) is 16.4. The molecule has 0 saturated carbocycles. The standard InChI is InChI=1S/C24H24N2O7S/c1-4-26-22(28)20(34-24(26)25-17-8-6-7-16(13-17)23(29)30)12-15-9-10-18(19(11-15)32-5-2)33-14-21(27)31-3/h6-13H,4-5,14H2,1-3H3,(H,29,30)/b20-12+,25-24?. The lowest BCUT2D eigenvalue weighted by Crippen LogP contribution is -2.28. The van der Waals surface area contributed by atoms with Gasteiger partial charge in [-0.2, -0.15) is 0 Å². The molecule has 1 aliphatic heterocycles. The summed E-state index contributed by atoms with van der Waals surface area (Å²) in [6.45, 7) is 4.21. The number of carbonyl (C=O) groups excluding carboxylic acids is 2. The number of amidine groups is 1. The Morgan fingerprint density at radius 1 is 1.12 bits per heavy atom. The van der Waals surface area contributed by atoms with Gasteiger partial charge in [-0.3, -0.25) is 9.69 Å². The van der Waals surface area contributed by atoms with Gasteiger partial charge in [0, 0.05) is 6.54 Å². The summed E-state index contributed by atoms with van der Waals surface area (Å²) in [5, 5.41) is 9.66. The average Bonchev–Trinajstić information content (AvgIpc) is 3.12. The molecule has 178 valence electrons. The van der Waals surface area contributed by atoms with Gasteiger partial charge in [-0.25, -0.2) is 14.6 Å². The van der Waals surface area contributed by atoms with E-state index in [2.05, 4.69) is 9.73 Å². The number of nitrogens with zero attached hydrogens (tertiary/aromatic N) is 2. The second kappa shape index (κ2) is 11.4. The maximum absolute atomic E-state index is 13.0. The molecule has 3 rings (SSSR count). The number of hydrogen-bond acceptors (Lipinski definition) is 8. The number of amides is 1. The van der Waals surface area contributed by atoms with Gasteiger partial charge >= 0.3 is 11.9 Å². The van der Waals surface area contributed by atoms with Crippen LogP contribution in [0.4, 0.5) is 5.69 Å². The first-order valence-corrected chi connectivity index (χ1v) is 11.3. The number of likely N-dealkylation sites (N-methyl/N-ethyl adjacent to an activating group) is 1. The zero-order valence-electron chi connectivity index (χ0n) is 18.9. The Bertz CT molecular complexity index is 1160. The van der Waals surface area contributed by atoms with Gasteiger partial charge in [0.05, 0.1) is 29.9 Å². The highest BCUT2D eigenvalue weighted by molar-refractivity contribution is 8.18. The lowest BCUT2D eigenvalue weighted by atomic mass is 10.2. The van der Waals surface area contributed by atoms with Gasteiger partial charge in [0.25, 0.3) is 5.91 Å². The van der Waals surface area contributed by atoms with E-state index < -0.39 is 11.9 Å². The summed E-state index contributed by atoms with van der Waals surface area (Å²) in [7, 11) is 1.28. The lowest BCUT2D eigenvalue weighted by molar-refractivity contribution is -0.142. The molecule has 0 atom stereocenters. The molecule has 2 aromatic rings. The molecule has 0 aliphatic carbocycles. The number of benzene rings is 2. The number of carboxylic acid groups (broad SMARTS) is 1. The van der Waals surface area contributed by atoms with Crippen molar-refractivity contribution in [3.63, 3.8) is 0 Å². The van der Waals surface area contributed by atoms with Crippen molar-refractivity contribution in [2.45, 2.75) is 13.8 Å². The van der Waals surface area contributed by atoms with Crippen LogP contribution >= 0.6 is 11.8 Å². The fraction of sp³-hybridized carbons (Fsp3) is 0.250. The zero-order chi connectivity index (χ0) is 24.7. The van der Waals surface area contributed by atoms with Gasteiger partial charge in [0.15, 0.2) is 23.3 Å². The van der Waals surface area contributed by atoms with Crippen LogP contribution < -0.4 is 9.47 Å². The highest BCUT2D eigenvalue weighted by atomic mass is 32.2. The van der Waals surface area contributed by atoms with Gasteiger partial charge in [-0.15, -0.1) is 0 Å². The Morgan fingerprint density at radius 3 is 2.59 bits per heavy atom. The number of ether oxygens (including phenoxy) is 3. The van der Waals surface area contributed by atoms with E-state index in [0.717, 1.165) is 0 Å². The van der Waals surface area contributed by atoms with Gasteiger partial charge in [-0.05, 0) is 67.6 Å². The Morgan fingerprint density at radius 2 is 1.91 bits per heavy atom. The SMILES string of the molecule is CCOc1cc(/C=C2/SC(=Nc3cccc(C(=O)O)c3)N(CC)C2=O)ccc1OCC(=O)OC. The van der Waals surface area contributed by atoms with Gasteiger partial charge in [-0.1, -0.05) is 12.1 Å². The molecule has 1 N–H and O–H groups in total. The fourth-order valence-electron chi connectivity index (χ4n) is 3.04. The van der Waals surface area contributed by atoms with Crippen LogP contribution in [0.3, 0.4) is 0 Å². The van der Waals surface area contributed by atoms with Crippen molar-refractivity contribution in [3.8, 4) is 11.5 Å². The molecule has 0 radical (unpaired) electrons. The normalized spacial score (nSPS) is 15.6. The molecule has 0 unspecified atom stereocenters. The Hall–Kier alpha value is -3.79. The number of esters is 1.